The maximum atomic E-state index is 6.11. The van der Waals surface area contributed by atoms with E-state index >= 15 is 0 Å². The third-order valence-electron chi connectivity index (χ3n) is 2.51. The van der Waals surface area contributed by atoms with Crippen LogP contribution in [0.3, 0.4) is 0 Å². The quantitative estimate of drug-likeness (QED) is 0.641. The minimum absolute atomic E-state index is 0.0463. The maximum absolute atomic E-state index is 6.11. The van der Waals surface area contributed by atoms with Gasteiger partial charge < -0.3 is 5.73 Å². The minimum atomic E-state index is 0.0463. The van der Waals surface area contributed by atoms with E-state index in [4.69, 9.17) is 28.9 Å². The molecule has 0 aliphatic rings. The molecule has 1 aromatic carbocycles. The molecule has 0 amide bonds. The van der Waals surface area contributed by atoms with E-state index in [1.165, 1.54) is 4.88 Å². The lowest BCUT2D eigenvalue weighted by atomic mass is 10.2. The minimum Gasteiger partial charge on any atom is -0.327 e. The first-order valence-electron chi connectivity index (χ1n) is 5.60. The van der Waals surface area contributed by atoms with E-state index in [1.807, 2.05) is 31.2 Å². The molecule has 0 saturated carbocycles. The first-order valence-corrected chi connectivity index (χ1v) is 8.84. The molecule has 2 atom stereocenters. The Balaban J connectivity index is 2.23. The normalized spacial score (nSPS) is 14.4. The van der Waals surface area contributed by atoms with Gasteiger partial charge in [-0.2, -0.15) is 0 Å². The summed E-state index contributed by atoms with van der Waals surface area (Å²) in [6.07, 6.45) is 0. The topological polar surface area (TPSA) is 26.0 Å². The van der Waals surface area contributed by atoms with Gasteiger partial charge in [-0.25, -0.2) is 0 Å². The number of rotatable bonds is 4. The van der Waals surface area contributed by atoms with Crippen molar-refractivity contribution >= 4 is 62.2 Å². The van der Waals surface area contributed by atoms with Gasteiger partial charge in [-0.05, 0) is 53.2 Å². The Hall–Kier alpha value is 0.290. The van der Waals surface area contributed by atoms with E-state index < -0.39 is 0 Å². The summed E-state index contributed by atoms with van der Waals surface area (Å²) < 4.78 is 1.11. The summed E-state index contributed by atoms with van der Waals surface area (Å²) in [4.78, 5) is 2.32. The Morgan fingerprint density at radius 1 is 1.21 bits per heavy atom. The third-order valence-corrected chi connectivity index (χ3v) is 6.56. The predicted octanol–water partition coefficient (Wildman–Crippen LogP) is 6.00. The van der Waals surface area contributed by atoms with E-state index in [9.17, 15) is 0 Å². The van der Waals surface area contributed by atoms with E-state index in [-0.39, 0.29) is 11.3 Å². The van der Waals surface area contributed by atoms with Crippen molar-refractivity contribution in [2.24, 2.45) is 5.73 Å². The lowest BCUT2D eigenvalue weighted by Crippen LogP contribution is -2.21. The molecule has 1 aromatic heterocycles. The van der Waals surface area contributed by atoms with Crippen molar-refractivity contribution in [3.8, 4) is 0 Å². The highest BCUT2D eigenvalue weighted by molar-refractivity contribution is 9.11. The number of benzene rings is 1. The average molecular weight is 397 g/mol. The van der Waals surface area contributed by atoms with Gasteiger partial charge in [0.05, 0.1) is 19.1 Å². The summed E-state index contributed by atoms with van der Waals surface area (Å²) >= 11 is 18.9. The Bertz CT molecular complexity index is 572. The van der Waals surface area contributed by atoms with Gasteiger partial charge in [0.25, 0.3) is 0 Å². The van der Waals surface area contributed by atoms with Crippen molar-refractivity contribution in [1.29, 1.82) is 0 Å². The van der Waals surface area contributed by atoms with E-state index in [2.05, 4.69) is 22.0 Å². The molecule has 2 rings (SSSR count). The van der Waals surface area contributed by atoms with Crippen LogP contribution in [-0.2, 0) is 0 Å². The molecule has 19 heavy (non-hydrogen) atoms. The van der Waals surface area contributed by atoms with Crippen molar-refractivity contribution in [3.63, 3.8) is 0 Å². The molecule has 102 valence electrons. The van der Waals surface area contributed by atoms with Crippen LogP contribution >= 0.6 is 62.2 Å². The standard InChI is InChI=1S/C13H12BrCl2NS2/c1-7(17)13(11-4-5-12(14)19-11)18-8-2-3-9(15)10(16)6-8/h2-7,13H,17H2,1H3. The Morgan fingerprint density at radius 3 is 2.47 bits per heavy atom. The molecule has 0 aliphatic carbocycles. The lowest BCUT2D eigenvalue weighted by molar-refractivity contribution is 0.730. The van der Waals surface area contributed by atoms with Crippen molar-refractivity contribution in [2.75, 3.05) is 0 Å². The summed E-state index contributed by atoms with van der Waals surface area (Å²) in [5, 5.41) is 1.35. The highest BCUT2D eigenvalue weighted by Gasteiger charge is 2.20. The second-order valence-corrected chi connectivity index (χ2v) is 8.64. The Kier molecular flexibility index (Phi) is 5.64. The fraction of sp³-hybridized carbons (Fsp3) is 0.231. The molecule has 1 heterocycles. The maximum Gasteiger partial charge on any atom is 0.0701 e. The molecule has 2 N–H and O–H groups in total. The molecular formula is C13H12BrCl2NS2. The lowest BCUT2D eigenvalue weighted by Gasteiger charge is -2.19. The van der Waals surface area contributed by atoms with Gasteiger partial charge in [0.2, 0.25) is 0 Å². The number of thiophene rings is 1. The Morgan fingerprint density at radius 2 is 1.95 bits per heavy atom. The average Bonchev–Trinajstić information content (AvgIpc) is 2.76. The SMILES string of the molecule is CC(N)C(Sc1ccc(Cl)c(Cl)c1)c1ccc(Br)s1. The molecule has 2 unspecified atom stereocenters. The van der Waals surface area contributed by atoms with E-state index in [0.717, 1.165) is 8.68 Å². The zero-order valence-corrected chi connectivity index (χ0v) is 14.8. The molecule has 6 heteroatoms. The highest BCUT2D eigenvalue weighted by atomic mass is 79.9. The van der Waals surface area contributed by atoms with Crippen molar-refractivity contribution in [3.05, 3.63) is 49.0 Å². The number of thioether (sulfide) groups is 1. The fourth-order valence-electron chi connectivity index (χ4n) is 1.60. The van der Waals surface area contributed by atoms with Gasteiger partial charge in [0.15, 0.2) is 0 Å². The molecule has 0 spiro atoms. The largest absolute Gasteiger partial charge is 0.327 e. The van der Waals surface area contributed by atoms with Crippen molar-refractivity contribution < 1.29 is 0 Å². The molecule has 0 saturated heterocycles. The van der Waals surface area contributed by atoms with Crippen LogP contribution in [0.4, 0.5) is 0 Å². The van der Waals surface area contributed by atoms with Crippen LogP contribution in [0.25, 0.3) is 0 Å². The first kappa shape index (κ1) is 15.7. The molecule has 0 fully saturated rings. The van der Waals surface area contributed by atoms with Crippen LogP contribution in [0.2, 0.25) is 10.0 Å². The second kappa shape index (κ2) is 6.83. The second-order valence-electron chi connectivity index (χ2n) is 4.12. The molecule has 0 aliphatic heterocycles. The summed E-state index contributed by atoms with van der Waals surface area (Å²) in [6.45, 7) is 2.02. The molecular weight excluding hydrogens is 385 g/mol. The highest BCUT2D eigenvalue weighted by Crippen LogP contribution is 2.42. The fourth-order valence-corrected chi connectivity index (χ4v) is 4.81. The molecule has 0 radical (unpaired) electrons. The van der Waals surface area contributed by atoms with Crippen LogP contribution in [0.1, 0.15) is 17.1 Å². The van der Waals surface area contributed by atoms with Crippen LogP contribution in [0.15, 0.2) is 39.0 Å². The van der Waals surface area contributed by atoms with Crippen molar-refractivity contribution in [2.45, 2.75) is 23.1 Å². The van der Waals surface area contributed by atoms with E-state index in [1.54, 1.807) is 23.1 Å². The number of hydrogen-bond donors (Lipinski definition) is 1. The number of nitrogens with two attached hydrogens (primary N) is 1. The molecule has 2 aromatic rings. The summed E-state index contributed by atoms with van der Waals surface area (Å²) in [5.41, 5.74) is 6.11. The van der Waals surface area contributed by atoms with Gasteiger partial charge in [0, 0.05) is 15.8 Å². The summed E-state index contributed by atoms with van der Waals surface area (Å²) in [5.74, 6) is 0. The van der Waals surface area contributed by atoms with Gasteiger partial charge >= 0.3 is 0 Å². The Labute approximate surface area is 139 Å². The number of halogens is 3. The number of hydrogen-bond acceptors (Lipinski definition) is 3. The molecule has 0 bridgehead atoms. The zero-order chi connectivity index (χ0) is 14.0. The van der Waals surface area contributed by atoms with Gasteiger partial charge in [-0.1, -0.05) is 23.2 Å². The van der Waals surface area contributed by atoms with Crippen LogP contribution in [0, 0.1) is 0 Å². The van der Waals surface area contributed by atoms with Crippen molar-refractivity contribution in [1.82, 2.24) is 0 Å². The predicted molar refractivity (Wildman–Crippen MR) is 90.7 cm³/mol. The smallest absolute Gasteiger partial charge is 0.0701 e. The van der Waals surface area contributed by atoms with Gasteiger partial charge in [0.1, 0.15) is 0 Å². The van der Waals surface area contributed by atoms with Gasteiger partial charge in [-0.15, -0.1) is 23.1 Å². The van der Waals surface area contributed by atoms with Crippen LogP contribution in [-0.4, -0.2) is 6.04 Å². The zero-order valence-electron chi connectivity index (χ0n) is 10.1. The summed E-state index contributed by atoms with van der Waals surface area (Å²) in [7, 11) is 0. The van der Waals surface area contributed by atoms with Crippen LogP contribution in [0.5, 0.6) is 0 Å². The van der Waals surface area contributed by atoms with Crippen LogP contribution < -0.4 is 5.73 Å². The summed E-state index contributed by atoms with van der Waals surface area (Å²) in [6, 6.07) is 9.86. The van der Waals surface area contributed by atoms with Gasteiger partial charge in [-0.3, -0.25) is 0 Å². The third kappa shape index (κ3) is 4.13. The van der Waals surface area contributed by atoms with E-state index in [0.29, 0.717) is 10.0 Å². The monoisotopic (exact) mass is 395 g/mol. The molecule has 1 nitrogen and oxygen atoms in total. The first-order chi connectivity index (χ1) is 8.97.